The van der Waals surface area contributed by atoms with E-state index in [0.717, 1.165) is 29.0 Å². The van der Waals surface area contributed by atoms with Crippen molar-refractivity contribution in [2.24, 2.45) is 0 Å². The average Bonchev–Trinajstić information content (AvgIpc) is 2.87. The maximum absolute atomic E-state index is 13.2. The molecule has 0 saturated carbocycles. The minimum Gasteiger partial charge on any atom is -0.277 e. The van der Waals surface area contributed by atoms with Crippen LogP contribution in [0.25, 0.3) is 0 Å². The van der Waals surface area contributed by atoms with Gasteiger partial charge in [-0.05, 0) is 74.5 Å². The fourth-order valence-corrected chi connectivity index (χ4v) is 6.66. The van der Waals surface area contributed by atoms with Gasteiger partial charge >= 0.3 is 0 Å². The first kappa shape index (κ1) is 28.7. The van der Waals surface area contributed by atoms with Gasteiger partial charge in [0.25, 0.3) is 20.0 Å². The Bertz CT molecular complexity index is 1690. The molecule has 39 heavy (non-hydrogen) atoms. The molecule has 0 aliphatic carbocycles. The second-order valence-corrected chi connectivity index (χ2v) is 13.5. The van der Waals surface area contributed by atoms with Gasteiger partial charge in [-0.3, -0.25) is 19.9 Å². The van der Waals surface area contributed by atoms with Crippen LogP contribution in [0.1, 0.15) is 11.1 Å². The summed E-state index contributed by atoms with van der Waals surface area (Å²) in [5.41, 5.74) is 1.15. The van der Waals surface area contributed by atoms with Gasteiger partial charge in [0.15, 0.2) is 0 Å². The summed E-state index contributed by atoms with van der Waals surface area (Å²) in [5.74, 6) is 0. The number of halogens is 1. The molecular weight excluding hydrogens is 582 g/mol. The Hall–Kier alpha value is -3.26. The van der Waals surface area contributed by atoms with Gasteiger partial charge in [0.2, 0.25) is 0 Å². The van der Waals surface area contributed by atoms with Crippen molar-refractivity contribution in [3.63, 3.8) is 0 Å². The van der Waals surface area contributed by atoms with Crippen LogP contribution < -0.4 is 14.7 Å². The van der Waals surface area contributed by atoms with Gasteiger partial charge < -0.3 is 0 Å². The van der Waals surface area contributed by atoms with Gasteiger partial charge in [-0.1, -0.05) is 58.8 Å². The number of sulfonamides is 2. The smallest absolute Gasteiger partial charge is 0.261 e. The van der Waals surface area contributed by atoms with E-state index in [4.69, 9.17) is 11.6 Å². The molecule has 4 N–H and O–H groups in total. The van der Waals surface area contributed by atoms with Gasteiger partial charge in [0, 0.05) is 14.8 Å². The standard InChI is InChI=1S/C26H24ClN3O6S3/c1-17-3-11-21(12-4-17)38(33,34)28-23-15-25(30(31)32)26(37-20-9-7-19(27)8-10-20)16-24(23)29-39(35,36)22-13-5-18(2)6-14-22/h3-16,28-29,31-32H,1-2H3. The van der Waals surface area contributed by atoms with E-state index in [1.54, 1.807) is 48.5 Å². The van der Waals surface area contributed by atoms with Gasteiger partial charge in [-0.25, -0.2) is 16.8 Å². The van der Waals surface area contributed by atoms with Crippen LogP contribution in [0.2, 0.25) is 5.02 Å². The second-order valence-electron chi connectivity index (χ2n) is 8.55. The monoisotopic (exact) mass is 605 g/mol. The molecule has 0 atom stereocenters. The van der Waals surface area contributed by atoms with E-state index in [1.807, 2.05) is 13.8 Å². The molecule has 0 radical (unpaired) electrons. The maximum atomic E-state index is 13.2. The van der Waals surface area contributed by atoms with Crippen LogP contribution in [-0.2, 0) is 20.0 Å². The molecule has 4 rings (SSSR count). The predicted octanol–water partition coefficient (Wildman–Crippen LogP) is 6.29. The van der Waals surface area contributed by atoms with Crippen molar-refractivity contribution < 1.29 is 27.3 Å². The van der Waals surface area contributed by atoms with E-state index >= 15 is 0 Å². The molecule has 0 saturated heterocycles. The van der Waals surface area contributed by atoms with Gasteiger partial charge in [0.05, 0.1) is 21.2 Å². The highest BCUT2D eigenvalue weighted by Gasteiger charge is 2.23. The molecule has 0 amide bonds. The van der Waals surface area contributed by atoms with Crippen molar-refractivity contribution in [3.8, 4) is 0 Å². The van der Waals surface area contributed by atoms with Crippen molar-refractivity contribution in [2.45, 2.75) is 33.4 Å². The molecule has 4 aromatic rings. The molecule has 0 heterocycles. The molecule has 4 aromatic carbocycles. The first-order valence-corrected chi connectivity index (χ1v) is 15.5. The zero-order chi connectivity index (χ0) is 28.4. The van der Waals surface area contributed by atoms with Crippen molar-refractivity contribution in [1.82, 2.24) is 0 Å². The van der Waals surface area contributed by atoms with Crippen LogP contribution in [0.4, 0.5) is 17.1 Å². The van der Waals surface area contributed by atoms with E-state index in [9.17, 15) is 27.3 Å². The molecule has 0 bridgehead atoms. The summed E-state index contributed by atoms with van der Waals surface area (Å²) < 4.78 is 57.7. The Kier molecular flexibility index (Phi) is 8.45. The lowest BCUT2D eigenvalue weighted by Gasteiger charge is -2.20. The van der Waals surface area contributed by atoms with E-state index in [-0.39, 0.29) is 37.0 Å². The van der Waals surface area contributed by atoms with E-state index in [1.165, 1.54) is 30.3 Å². The van der Waals surface area contributed by atoms with Crippen LogP contribution in [-0.4, -0.2) is 27.3 Å². The Labute approximate surface area is 236 Å². The fourth-order valence-electron chi connectivity index (χ4n) is 3.45. The van der Waals surface area contributed by atoms with Gasteiger partial charge in [-0.2, -0.15) is 0 Å². The third-order valence-electron chi connectivity index (χ3n) is 5.51. The lowest BCUT2D eigenvalue weighted by molar-refractivity contribution is 0.0278. The SMILES string of the molecule is Cc1ccc(S(=O)(=O)Nc2cc(Sc3ccc(Cl)cc3)c(N(O)O)cc2NS(=O)(=O)c2ccc(C)cc2)cc1. The number of rotatable bonds is 9. The van der Waals surface area contributed by atoms with Crippen LogP contribution in [0.3, 0.4) is 0 Å². The van der Waals surface area contributed by atoms with Crippen molar-refractivity contribution in [1.29, 1.82) is 0 Å². The fraction of sp³-hybridized carbons (Fsp3) is 0.0769. The van der Waals surface area contributed by atoms with Crippen LogP contribution >= 0.6 is 23.4 Å². The molecule has 9 nitrogen and oxygen atoms in total. The molecule has 0 aromatic heterocycles. The number of benzene rings is 4. The molecule has 0 fully saturated rings. The zero-order valence-electron chi connectivity index (χ0n) is 20.7. The summed E-state index contributed by atoms with van der Waals surface area (Å²) in [4.78, 5) is 0.763. The van der Waals surface area contributed by atoms with Crippen molar-refractivity contribution >= 4 is 60.5 Å². The second kappa shape index (κ2) is 11.5. The van der Waals surface area contributed by atoms with Crippen LogP contribution in [0, 0.1) is 13.8 Å². The molecule has 13 heteroatoms. The molecule has 0 aliphatic heterocycles. The summed E-state index contributed by atoms with van der Waals surface area (Å²) in [5, 5.41) is 20.3. The minimum absolute atomic E-state index is 0.0395. The molecule has 0 unspecified atom stereocenters. The third-order valence-corrected chi connectivity index (χ3v) is 9.58. The first-order valence-electron chi connectivity index (χ1n) is 11.3. The largest absolute Gasteiger partial charge is 0.277 e. The molecule has 0 aliphatic rings. The number of nitrogens with zero attached hydrogens (tertiary/aromatic N) is 1. The Morgan fingerprint density at radius 2 is 1.13 bits per heavy atom. The summed E-state index contributed by atoms with van der Waals surface area (Å²) >= 11 is 7.05. The van der Waals surface area contributed by atoms with E-state index in [2.05, 4.69) is 9.44 Å². The van der Waals surface area contributed by atoms with Crippen LogP contribution in [0.15, 0.2) is 105 Å². The number of nitrogens with one attached hydrogen (secondary N) is 2. The van der Waals surface area contributed by atoms with Crippen molar-refractivity contribution in [3.05, 3.63) is 101 Å². The highest BCUT2D eigenvalue weighted by Crippen LogP contribution is 2.41. The van der Waals surface area contributed by atoms with Crippen molar-refractivity contribution in [2.75, 3.05) is 14.7 Å². The topological polar surface area (TPSA) is 136 Å². The lowest BCUT2D eigenvalue weighted by atomic mass is 10.2. The lowest BCUT2D eigenvalue weighted by Crippen LogP contribution is -2.19. The number of aryl methyl sites for hydroxylation is 2. The van der Waals surface area contributed by atoms with E-state index in [0.29, 0.717) is 9.92 Å². The highest BCUT2D eigenvalue weighted by molar-refractivity contribution is 7.99. The van der Waals surface area contributed by atoms with E-state index < -0.39 is 20.0 Å². The Morgan fingerprint density at radius 3 is 1.56 bits per heavy atom. The Morgan fingerprint density at radius 1 is 0.692 bits per heavy atom. The minimum atomic E-state index is -4.19. The summed E-state index contributed by atoms with van der Waals surface area (Å²) in [7, 11) is -8.34. The Balaban J connectivity index is 1.83. The van der Waals surface area contributed by atoms with Gasteiger partial charge in [0.1, 0.15) is 5.69 Å². The highest BCUT2D eigenvalue weighted by atomic mass is 35.5. The predicted molar refractivity (Wildman–Crippen MR) is 152 cm³/mol. The number of hydrogen-bond acceptors (Lipinski definition) is 8. The summed E-state index contributed by atoms with van der Waals surface area (Å²) in [6, 6.07) is 21.3. The number of anilines is 3. The average molecular weight is 606 g/mol. The molecule has 204 valence electrons. The first-order chi connectivity index (χ1) is 18.3. The van der Waals surface area contributed by atoms with Crippen LogP contribution in [0.5, 0.6) is 0 Å². The quantitative estimate of drug-likeness (QED) is 0.163. The number of hydrogen-bond donors (Lipinski definition) is 4. The summed E-state index contributed by atoms with van der Waals surface area (Å²) in [6.07, 6.45) is 0. The maximum Gasteiger partial charge on any atom is 0.261 e. The molecule has 0 spiro atoms. The zero-order valence-corrected chi connectivity index (χ0v) is 23.9. The molecular formula is C26H24ClN3O6S3. The van der Waals surface area contributed by atoms with Gasteiger partial charge in [-0.15, -0.1) is 5.23 Å². The third kappa shape index (κ3) is 7.04. The normalized spacial score (nSPS) is 11.7. The summed E-state index contributed by atoms with van der Waals surface area (Å²) in [6.45, 7) is 3.62.